The van der Waals surface area contributed by atoms with Crippen molar-refractivity contribution in [1.29, 1.82) is 0 Å². The molecule has 2 heterocycles. The molecule has 8 heteroatoms. The molecule has 0 spiro atoms. The van der Waals surface area contributed by atoms with E-state index in [2.05, 4.69) is 21.6 Å². The average Bonchev–Trinajstić information content (AvgIpc) is 3.35. The van der Waals surface area contributed by atoms with Gasteiger partial charge in [-0.15, -0.1) is 5.10 Å². The Bertz CT molecular complexity index is 1020. The normalized spacial score (nSPS) is 18.0. The molecule has 6 nitrogen and oxygen atoms in total. The minimum atomic E-state index is 0.421. The van der Waals surface area contributed by atoms with Gasteiger partial charge in [-0.05, 0) is 18.2 Å². The zero-order valence-electron chi connectivity index (χ0n) is 15.9. The molecule has 29 heavy (non-hydrogen) atoms. The van der Waals surface area contributed by atoms with Crippen LogP contribution in [0.1, 0.15) is 11.3 Å². The molecule has 148 valence electrons. The quantitative estimate of drug-likeness (QED) is 0.328. The number of aromatic nitrogens is 1. The van der Waals surface area contributed by atoms with Gasteiger partial charge in [0.05, 0.1) is 37.0 Å². The summed E-state index contributed by atoms with van der Waals surface area (Å²) in [4.78, 5) is 4.55. The van der Waals surface area contributed by atoms with Gasteiger partial charge < -0.3 is 9.15 Å². The van der Waals surface area contributed by atoms with Gasteiger partial charge in [-0.2, -0.15) is 3.89 Å². The second-order valence-electron chi connectivity index (χ2n) is 6.64. The van der Waals surface area contributed by atoms with Crippen molar-refractivity contribution >= 4 is 35.6 Å². The van der Waals surface area contributed by atoms with Crippen LogP contribution in [-0.2, 0) is 12.2 Å². The summed E-state index contributed by atoms with van der Waals surface area (Å²) in [6.07, 6.45) is 4.16. The third-order valence-corrected chi connectivity index (χ3v) is 6.33. The van der Waals surface area contributed by atoms with Crippen molar-refractivity contribution < 1.29 is 13.0 Å². The van der Waals surface area contributed by atoms with Crippen LogP contribution < -0.4 is 10.2 Å². The minimum absolute atomic E-state index is 0.421. The van der Waals surface area contributed by atoms with Crippen LogP contribution in [0, 0.1) is 0 Å². The number of thiocarbonyl (C=S) groups is 1. The van der Waals surface area contributed by atoms with E-state index in [0.29, 0.717) is 27.9 Å². The monoisotopic (exact) mass is 425 g/mol. The highest BCUT2D eigenvalue weighted by Gasteiger charge is 2.33. The SMILES string of the molecule is C[N+]1(SCc2ccccc2OCCc2coc(-c3ccccc3)n2)C=NNC1=S. The van der Waals surface area contributed by atoms with Gasteiger partial charge in [-0.25, -0.2) is 10.4 Å². The van der Waals surface area contributed by atoms with Crippen molar-refractivity contribution in [3.8, 4) is 17.2 Å². The fraction of sp³-hybridized carbons (Fsp3) is 0.190. The lowest BCUT2D eigenvalue weighted by Crippen LogP contribution is -2.40. The first-order valence-electron chi connectivity index (χ1n) is 9.20. The zero-order valence-corrected chi connectivity index (χ0v) is 17.6. The molecule has 1 aliphatic rings. The Morgan fingerprint density at radius 3 is 2.72 bits per heavy atom. The summed E-state index contributed by atoms with van der Waals surface area (Å²) in [7, 11) is 2.01. The molecule has 0 aliphatic carbocycles. The van der Waals surface area contributed by atoms with Gasteiger partial charge in [0.2, 0.25) is 12.2 Å². The Balaban J connectivity index is 1.34. The molecule has 0 amide bonds. The lowest BCUT2D eigenvalue weighted by atomic mass is 10.2. The van der Waals surface area contributed by atoms with E-state index in [0.717, 1.165) is 28.3 Å². The number of hydrogen-bond donors (Lipinski definition) is 1. The van der Waals surface area contributed by atoms with Crippen LogP contribution in [0.4, 0.5) is 0 Å². The van der Waals surface area contributed by atoms with Gasteiger partial charge in [-0.3, -0.25) is 0 Å². The van der Waals surface area contributed by atoms with Crippen molar-refractivity contribution in [1.82, 2.24) is 10.4 Å². The maximum atomic E-state index is 6.05. The van der Waals surface area contributed by atoms with Gasteiger partial charge in [0.25, 0.3) is 0 Å². The molecule has 0 saturated carbocycles. The van der Waals surface area contributed by atoms with Crippen LogP contribution >= 0.6 is 24.2 Å². The van der Waals surface area contributed by atoms with Gasteiger partial charge in [0.1, 0.15) is 12.0 Å². The summed E-state index contributed by atoms with van der Waals surface area (Å²) in [6, 6.07) is 17.9. The van der Waals surface area contributed by atoms with E-state index in [1.165, 1.54) is 0 Å². The van der Waals surface area contributed by atoms with Crippen LogP contribution in [0.3, 0.4) is 0 Å². The van der Waals surface area contributed by atoms with Crippen LogP contribution in [0.5, 0.6) is 5.75 Å². The smallest absolute Gasteiger partial charge is 0.308 e. The van der Waals surface area contributed by atoms with E-state index >= 15 is 0 Å². The topological polar surface area (TPSA) is 59.7 Å². The molecule has 4 rings (SSSR count). The maximum Gasteiger partial charge on any atom is 0.308 e. The van der Waals surface area contributed by atoms with E-state index < -0.39 is 0 Å². The number of benzene rings is 2. The lowest BCUT2D eigenvalue weighted by Gasteiger charge is -2.20. The Morgan fingerprint density at radius 2 is 1.93 bits per heavy atom. The largest absolute Gasteiger partial charge is 0.493 e. The van der Waals surface area contributed by atoms with E-state index in [1.54, 1.807) is 24.5 Å². The number of rotatable bonds is 8. The molecule has 3 aromatic rings. The summed E-state index contributed by atoms with van der Waals surface area (Å²) in [5, 5.41) is 4.72. The zero-order chi connectivity index (χ0) is 20.1. The fourth-order valence-corrected chi connectivity index (χ4v) is 3.98. The first-order valence-corrected chi connectivity index (χ1v) is 10.6. The van der Waals surface area contributed by atoms with Gasteiger partial charge in [-0.1, -0.05) is 36.4 Å². The summed E-state index contributed by atoms with van der Waals surface area (Å²) >= 11 is 7.00. The lowest BCUT2D eigenvalue weighted by molar-refractivity contribution is -0.547. The average molecular weight is 426 g/mol. The van der Waals surface area contributed by atoms with Crippen molar-refractivity contribution in [2.45, 2.75) is 12.2 Å². The summed E-state index contributed by atoms with van der Waals surface area (Å²) < 4.78 is 12.1. The summed E-state index contributed by atoms with van der Waals surface area (Å²) in [6.45, 7) is 0.524. The van der Waals surface area contributed by atoms with Gasteiger partial charge in [0.15, 0.2) is 0 Å². The van der Waals surface area contributed by atoms with E-state index in [1.807, 2.05) is 55.6 Å². The number of nitrogens with one attached hydrogen (secondary N) is 1. The third kappa shape index (κ3) is 4.67. The predicted molar refractivity (Wildman–Crippen MR) is 119 cm³/mol. The Kier molecular flexibility index (Phi) is 5.94. The van der Waals surface area contributed by atoms with E-state index in [9.17, 15) is 0 Å². The first kappa shape index (κ1) is 19.6. The number of nitrogens with zero attached hydrogens (tertiary/aromatic N) is 3. The Labute approximate surface area is 179 Å². The summed E-state index contributed by atoms with van der Waals surface area (Å²) in [5.41, 5.74) is 5.79. The first-order chi connectivity index (χ1) is 14.1. The third-order valence-electron chi connectivity index (χ3n) is 4.49. The highest BCUT2D eigenvalue weighted by atomic mass is 32.2. The number of ether oxygens (including phenoxy) is 1. The van der Waals surface area contributed by atoms with Crippen molar-refractivity contribution in [3.05, 3.63) is 72.1 Å². The standard InChI is InChI=1S/C21H20N4O2S2/c1-25(15-22-24-21(25)28)29-14-17-9-5-6-10-19(17)26-12-11-18-13-27-20(23-18)16-7-3-2-4-8-16/h2-10,13,15H,11-12,14H2,1H3/p+1. The molecular formula is C21H21N4O2S2+. The van der Waals surface area contributed by atoms with Crippen molar-refractivity contribution in [2.75, 3.05) is 13.7 Å². The molecular weight excluding hydrogens is 404 g/mol. The van der Waals surface area contributed by atoms with Gasteiger partial charge in [0, 0.05) is 29.8 Å². The van der Waals surface area contributed by atoms with Crippen LogP contribution in [0.15, 0.2) is 70.4 Å². The van der Waals surface area contributed by atoms with Crippen LogP contribution in [-0.4, -0.2) is 34.0 Å². The second-order valence-corrected chi connectivity index (χ2v) is 8.33. The molecule has 0 fully saturated rings. The van der Waals surface area contributed by atoms with E-state index in [-0.39, 0.29) is 0 Å². The van der Waals surface area contributed by atoms with Gasteiger partial charge >= 0.3 is 5.11 Å². The molecule has 1 unspecified atom stereocenters. The number of hydrazone groups is 1. The molecule has 0 radical (unpaired) electrons. The number of para-hydroxylation sites is 1. The van der Waals surface area contributed by atoms with Crippen LogP contribution in [0.2, 0.25) is 0 Å². The molecule has 1 aliphatic heterocycles. The highest BCUT2D eigenvalue weighted by molar-refractivity contribution is 7.94. The summed E-state index contributed by atoms with van der Waals surface area (Å²) in [5.74, 6) is 2.25. The maximum absolute atomic E-state index is 6.05. The minimum Gasteiger partial charge on any atom is -0.493 e. The number of oxazole rings is 1. The molecule has 2 aromatic carbocycles. The second kappa shape index (κ2) is 8.77. The van der Waals surface area contributed by atoms with E-state index in [4.69, 9.17) is 21.4 Å². The van der Waals surface area contributed by atoms with Crippen molar-refractivity contribution in [2.24, 2.45) is 5.10 Å². The Morgan fingerprint density at radius 1 is 1.14 bits per heavy atom. The molecule has 1 atom stereocenters. The fourth-order valence-electron chi connectivity index (χ4n) is 2.81. The number of quaternary nitrogens is 1. The predicted octanol–water partition coefficient (Wildman–Crippen LogP) is 4.39. The van der Waals surface area contributed by atoms with Crippen molar-refractivity contribution in [3.63, 3.8) is 0 Å². The molecule has 1 N–H and O–H groups in total. The molecule has 0 bridgehead atoms. The number of hydrogen-bond acceptors (Lipinski definition) is 6. The Hall–Kier alpha value is -2.68. The highest BCUT2D eigenvalue weighted by Crippen LogP contribution is 2.29. The molecule has 0 saturated heterocycles. The molecule has 1 aromatic heterocycles. The van der Waals surface area contributed by atoms with Crippen LogP contribution in [0.25, 0.3) is 11.5 Å².